The van der Waals surface area contributed by atoms with Gasteiger partial charge in [0.2, 0.25) is 0 Å². The molecule has 2 aromatic heterocycles. The maximum absolute atomic E-state index is 3.58. The van der Waals surface area contributed by atoms with Crippen LogP contribution in [-0.2, 0) is 6.42 Å². The molecule has 0 amide bonds. The van der Waals surface area contributed by atoms with Crippen LogP contribution in [0.4, 0.5) is 0 Å². The fraction of sp³-hybridized carbons (Fsp3) is 0.333. The molecule has 0 saturated carbocycles. The van der Waals surface area contributed by atoms with E-state index in [2.05, 4.69) is 73.8 Å². The zero-order valence-corrected chi connectivity index (χ0v) is 16.7. The summed E-state index contributed by atoms with van der Waals surface area (Å²) in [6, 6.07) is 10.9. The Morgan fingerprint density at radius 2 is 2.16 bits per heavy atom. The summed E-state index contributed by atoms with van der Waals surface area (Å²) in [5, 5.41) is 3.53. The van der Waals surface area contributed by atoms with Gasteiger partial charge < -0.3 is 4.98 Å². The SMILES string of the molecule is Brc1ccc2[nH]cc(CCCCN3CC=C(c4cccs4)CC3)c2c1. The number of aromatic nitrogens is 1. The average Bonchev–Trinajstić information content (AvgIpc) is 3.29. The molecule has 0 saturated heterocycles. The van der Waals surface area contributed by atoms with Crippen molar-refractivity contribution in [1.82, 2.24) is 9.88 Å². The predicted octanol–water partition coefficient (Wildman–Crippen LogP) is 6.10. The Kier molecular flexibility index (Phi) is 5.39. The number of hydrogen-bond donors (Lipinski definition) is 1. The molecular weight excluding hydrogens is 392 g/mol. The van der Waals surface area contributed by atoms with Gasteiger partial charge in [0.25, 0.3) is 0 Å². The number of nitrogens with one attached hydrogen (secondary N) is 1. The molecule has 0 fully saturated rings. The molecular formula is C21H23BrN2S. The summed E-state index contributed by atoms with van der Waals surface area (Å²) in [5.41, 5.74) is 4.21. The molecule has 130 valence electrons. The maximum atomic E-state index is 3.58. The van der Waals surface area contributed by atoms with Crippen LogP contribution in [0.25, 0.3) is 16.5 Å². The quantitative estimate of drug-likeness (QED) is 0.482. The van der Waals surface area contributed by atoms with Gasteiger partial charge in [0.1, 0.15) is 0 Å². The Morgan fingerprint density at radius 1 is 1.20 bits per heavy atom. The van der Waals surface area contributed by atoms with E-state index in [9.17, 15) is 0 Å². The minimum absolute atomic E-state index is 1.10. The third-order valence-electron chi connectivity index (χ3n) is 5.03. The van der Waals surface area contributed by atoms with E-state index in [-0.39, 0.29) is 0 Å². The van der Waals surface area contributed by atoms with Crippen molar-refractivity contribution in [1.29, 1.82) is 0 Å². The Balaban J connectivity index is 1.25. The van der Waals surface area contributed by atoms with Crippen LogP contribution >= 0.6 is 27.3 Å². The molecule has 0 atom stereocenters. The van der Waals surface area contributed by atoms with Gasteiger partial charge in [-0.3, -0.25) is 4.90 Å². The molecule has 0 radical (unpaired) electrons. The number of rotatable bonds is 6. The lowest BCUT2D eigenvalue weighted by Crippen LogP contribution is -2.29. The summed E-state index contributed by atoms with van der Waals surface area (Å²) in [5.74, 6) is 0. The number of benzene rings is 1. The van der Waals surface area contributed by atoms with Crippen LogP contribution in [0.1, 0.15) is 29.7 Å². The molecule has 0 bridgehead atoms. The van der Waals surface area contributed by atoms with Gasteiger partial charge in [-0.1, -0.05) is 28.1 Å². The van der Waals surface area contributed by atoms with E-state index in [1.807, 2.05) is 11.3 Å². The molecule has 4 heteroatoms. The van der Waals surface area contributed by atoms with Crippen molar-refractivity contribution in [3.8, 4) is 0 Å². The van der Waals surface area contributed by atoms with Crippen LogP contribution < -0.4 is 0 Å². The lowest BCUT2D eigenvalue weighted by atomic mass is 10.0. The molecule has 25 heavy (non-hydrogen) atoms. The Labute approximate surface area is 161 Å². The van der Waals surface area contributed by atoms with Crippen LogP contribution in [0.3, 0.4) is 0 Å². The number of thiophene rings is 1. The highest BCUT2D eigenvalue weighted by molar-refractivity contribution is 9.10. The summed E-state index contributed by atoms with van der Waals surface area (Å²) >= 11 is 5.44. The van der Waals surface area contributed by atoms with Gasteiger partial charge in [0, 0.05) is 39.5 Å². The van der Waals surface area contributed by atoms with Crippen molar-refractivity contribution in [3.05, 3.63) is 62.9 Å². The molecule has 0 unspecified atom stereocenters. The van der Waals surface area contributed by atoms with Gasteiger partial charge in [0.05, 0.1) is 0 Å². The number of aromatic amines is 1. The minimum Gasteiger partial charge on any atom is -0.361 e. The summed E-state index contributed by atoms with van der Waals surface area (Å²) in [6.45, 7) is 3.51. The molecule has 1 N–H and O–H groups in total. The standard InChI is InChI=1S/C21H23BrN2S/c22-18-6-7-20-19(14-18)17(15-23-20)4-1-2-10-24-11-8-16(9-12-24)21-5-3-13-25-21/h3,5-8,13-15,23H,1-2,4,9-12H2. The van der Waals surface area contributed by atoms with E-state index >= 15 is 0 Å². The molecule has 1 aromatic carbocycles. The fourth-order valence-electron chi connectivity index (χ4n) is 3.61. The molecule has 4 rings (SSSR count). The smallest absolute Gasteiger partial charge is 0.0457 e. The van der Waals surface area contributed by atoms with Crippen molar-refractivity contribution < 1.29 is 0 Å². The lowest BCUT2D eigenvalue weighted by Gasteiger charge is -2.25. The van der Waals surface area contributed by atoms with Crippen LogP contribution in [0, 0.1) is 0 Å². The first-order valence-corrected chi connectivity index (χ1v) is 10.7. The first-order valence-electron chi connectivity index (χ1n) is 9.00. The monoisotopic (exact) mass is 414 g/mol. The topological polar surface area (TPSA) is 19.0 Å². The number of H-pyrrole nitrogens is 1. The Morgan fingerprint density at radius 3 is 2.96 bits per heavy atom. The van der Waals surface area contributed by atoms with E-state index in [0.717, 1.165) is 17.4 Å². The van der Waals surface area contributed by atoms with Gasteiger partial charge in [-0.25, -0.2) is 0 Å². The van der Waals surface area contributed by atoms with Gasteiger partial charge >= 0.3 is 0 Å². The Bertz CT molecular complexity index is 863. The first kappa shape index (κ1) is 17.1. The molecule has 1 aliphatic heterocycles. The fourth-order valence-corrected chi connectivity index (χ4v) is 4.77. The second-order valence-electron chi connectivity index (χ2n) is 6.72. The highest BCUT2D eigenvalue weighted by Crippen LogP contribution is 2.26. The maximum Gasteiger partial charge on any atom is 0.0457 e. The highest BCUT2D eigenvalue weighted by Gasteiger charge is 2.13. The molecule has 0 spiro atoms. The zero-order chi connectivity index (χ0) is 17.1. The first-order chi connectivity index (χ1) is 12.3. The Hall–Kier alpha value is -1.36. The summed E-state index contributed by atoms with van der Waals surface area (Å²) in [6.07, 6.45) is 9.46. The van der Waals surface area contributed by atoms with Crippen LogP contribution in [-0.4, -0.2) is 29.5 Å². The van der Waals surface area contributed by atoms with Gasteiger partial charge in [-0.05, 0) is 73.0 Å². The number of hydrogen-bond acceptors (Lipinski definition) is 2. The largest absolute Gasteiger partial charge is 0.361 e. The average molecular weight is 415 g/mol. The number of unbranched alkanes of at least 4 members (excludes halogenated alkanes) is 1. The third kappa shape index (κ3) is 4.08. The summed E-state index contributed by atoms with van der Waals surface area (Å²) < 4.78 is 1.16. The van der Waals surface area contributed by atoms with Crippen LogP contribution in [0.2, 0.25) is 0 Å². The molecule has 2 nitrogen and oxygen atoms in total. The summed E-state index contributed by atoms with van der Waals surface area (Å²) in [4.78, 5) is 7.42. The number of nitrogens with zero attached hydrogens (tertiary/aromatic N) is 1. The predicted molar refractivity (Wildman–Crippen MR) is 112 cm³/mol. The van der Waals surface area contributed by atoms with E-state index in [4.69, 9.17) is 0 Å². The van der Waals surface area contributed by atoms with Crippen molar-refractivity contribution in [3.63, 3.8) is 0 Å². The highest BCUT2D eigenvalue weighted by atomic mass is 79.9. The summed E-state index contributed by atoms with van der Waals surface area (Å²) in [7, 11) is 0. The van der Waals surface area contributed by atoms with E-state index in [1.165, 1.54) is 59.3 Å². The van der Waals surface area contributed by atoms with Crippen molar-refractivity contribution in [2.24, 2.45) is 0 Å². The molecule has 1 aliphatic rings. The van der Waals surface area contributed by atoms with Crippen molar-refractivity contribution in [2.75, 3.05) is 19.6 Å². The van der Waals surface area contributed by atoms with Crippen LogP contribution in [0.5, 0.6) is 0 Å². The van der Waals surface area contributed by atoms with E-state index in [0.29, 0.717) is 0 Å². The second-order valence-corrected chi connectivity index (χ2v) is 8.58. The second kappa shape index (κ2) is 7.90. The van der Waals surface area contributed by atoms with Gasteiger partial charge in [-0.15, -0.1) is 11.3 Å². The van der Waals surface area contributed by atoms with E-state index < -0.39 is 0 Å². The van der Waals surface area contributed by atoms with Crippen molar-refractivity contribution >= 4 is 43.7 Å². The van der Waals surface area contributed by atoms with Gasteiger partial charge in [-0.2, -0.15) is 0 Å². The number of halogens is 1. The number of fused-ring (bicyclic) bond motifs is 1. The molecule has 0 aliphatic carbocycles. The van der Waals surface area contributed by atoms with Crippen molar-refractivity contribution in [2.45, 2.75) is 25.7 Å². The van der Waals surface area contributed by atoms with Gasteiger partial charge in [0.15, 0.2) is 0 Å². The number of aryl methyl sites for hydroxylation is 1. The zero-order valence-electron chi connectivity index (χ0n) is 14.3. The normalized spacial score (nSPS) is 15.6. The minimum atomic E-state index is 1.10. The van der Waals surface area contributed by atoms with Crippen LogP contribution in [0.15, 0.2) is 52.5 Å². The molecule has 3 aromatic rings. The lowest BCUT2D eigenvalue weighted by molar-refractivity contribution is 0.295. The molecule has 3 heterocycles. The van der Waals surface area contributed by atoms with E-state index in [1.54, 1.807) is 0 Å². The third-order valence-corrected chi connectivity index (χ3v) is 6.47.